The summed E-state index contributed by atoms with van der Waals surface area (Å²) in [7, 11) is 0. The fraction of sp³-hybridized carbons (Fsp3) is 0.312. The minimum absolute atomic E-state index is 0.158. The van der Waals surface area contributed by atoms with Crippen LogP contribution in [-0.4, -0.2) is 17.8 Å². The summed E-state index contributed by atoms with van der Waals surface area (Å²) in [5.74, 6) is 0.158. The van der Waals surface area contributed by atoms with Gasteiger partial charge in [-0.25, -0.2) is 0 Å². The first-order valence-corrected chi connectivity index (χ1v) is 7.84. The van der Waals surface area contributed by atoms with Crippen molar-refractivity contribution < 1.29 is 4.79 Å². The van der Waals surface area contributed by atoms with Crippen LogP contribution < -0.4 is 4.90 Å². The molecule has 1 heterocycles. The van der Waals surface area contributed by atoms with Crippen molar-refractivity contribution in [1.82, 2.24) is 0 Å². The molecule has 19 heavy (non-hydrogen) atoms. The highest BCUT2D eigenvalue weighted by atomic mass is 79.9. The van der Waals surface area contributed by atoms with Crippen molar-refractivity contribution >= 4 is 38.3 Å². The van der Waals surface area contributed by atoms with E-state index in [1.807, 2.05) is 23.1 Å². The molecule has 0 saturated heterocycles. The van der Waals surface area contributed by atoms with Crippen LogP contribution in [0.2, 0.25) is 0 Å². The molecule has 0 unspecified atom stereocenters. The quantitative estimate of drug-likeness (QED) is 0.592. The van der Waals surface area contributed by atoms with Crippen molar-refractivity contribution in [3.05, 3.63) is 42.0 Å². The van der Waals surface area contributed by atoms with Crippen molar-refractivity contribution in [3.8, 4) is 0 Å². The zero-order chi connectivity index (χ0) is 13.2. The Hall–Kier alpha value is -1.35. The van der Waals surface area contributed by atoms with Crippen LogP contribution in [0.3, 0.4) is 0 Å². The molecule has 0 bridgehead atoms. The van der Waals surface area contributed by atoms with Crippen molar-refractivity contribution in [3.63, 3.8) is 0 Å². The fourth-order valence-electron chi connectivity index (χ4n) is 2.74. The molecular weight excluding hydrogens is 302 g/mol. The number of carbonyl (C=O) groups is 1. The predicted molar refractivity (Wildman–Crippen MR) is 83.3 cm³/mol. The Morgan fingerprint density at radius 3 is 2.58 bits per heavy atom. The van der Waals surface area contributed by atoms with Gasteiger partial charge in [0.15, 0.2) is 0 Å². The molecule has 0 aliphatic carbocycles. The summed E-state index contributed by atoms with van der Waals surface area (Å²) in [6, 6.07) is 12.1. The van der Waals surface area contributed by atoms with E-state index in [9.17, 15) is 4.79 Å². The molecular formula is C16H16BrNO. The summed E-state index contributed by atoms with van der Waals surface area (Å²) in [5, 5.41) is 3.32. The largest absolute Gasteiger partial charge is 0.308 e. The molecule has 0 spiro atoms. The molecule has 3 rings (SSSR count). The molecule has 1 aliphatic heterocycles. The molecule has 0 aromatic heterocycles. The topological polar surface area (TPSA) is 20.3 Å². The van der Waals surface area contributed by atoms with E-state index in [0.717, 1.165) is 46.7 Å². The van der Waals surface area contributed by atoms with Gasteiger partial charge in [-0.1, -0.05) is 46.6 Å². The van der Waals surface area contributed by atoms with Gasteiger partial charge in [0, 0.05) is 22.8 Å². The lowest BCUT2D eigenvalue weighted by atomic mass is 10.1. The molecule has 2 aromatic carbocycles. The molecule has 2 nitrogen and oxygen atoms in total. The summed E-state index contributed by atoms with van der Waals surface area (Å²) in [6.07, 6.45) is 3.38. The number of alkyl halides is 1. The number of hydrogen-bond acceptors (Lipinski definition) is 1. The Labute approximate surface area is 121 Å². The second kappa shape index (κ2) is 5.33. The van der Waals surface area contributed by atoms with E-state index in [-0.39, 0.29) is 5.91 Å². The summed E-state index contributed by atoms with van der Waals surface area (Å²) >= 11 is 3.44. The molecule has 3 heteroatoms. The molecule has 1 amide bonds. The number of halogens is 1. The highest BCUT2D eigenvalue weighted by Gasteiger charge is 2.28. The zero-order valence-corrected chi connectivity index (χ0v) is 12.3. The molecule has 0 saturated carbocycles. The van der Waals surface area contributed by atoms with Crippen LogP contribution in [0.25, 0.3) is 10.8 Å². The van der Waals surface area contributed by atoms with Crippen LogP contribution in [0.4, 0.5) is 5.69 Å². The number of rotatable bonds is 5. The van der Waals surface area contributed by atoms with E-state index < -0.39 is 0 Å². The zero-order valence-electron chi connectivity index (χ0n) is 10.7. The average Bonchev–Trinajstić information content (AvgIpc) is 2.71. The highest BCUT2D eigenvalue weighted by Crippen LogP contribution is 2.37. The normalized spacial score (nSPS) is 13.5. The van der Waals surface area contributed by atoms with Gasteiger partial charge in [0.05, 0.1) is 5.69 Å². The Bertz CT molecular complexity index is 618. The van der Waals surface area contributed by atoms with Gasteiger partial charge in [-0.2, -0.15) is 0 Å². The monoisotopic (exact) mass is 317 g/mol. The molecule has 1 aliphatic rings. The van der Waals surface area contributed by atoms with E-state index in [0.29, 0.717) is 0 Å². The highest BCUT2D eigenvalue weighted by molar-refractivity contribution is 9.09. The van der Waals surface area contributed by atoms with Gasteiger partial charge in [-0.15, -0.1) is 0 Å². The predicted octanol–water partition coefficient (Wildman–Crippen LogP) is 4.37. The van der Waals surface area contributed by atoms with Crippen LogP contribution in [0.1, 0.15) is 29.6 Å². The van der Waals surface area contributed by atoms with Crippen LogP contribution >= 0.6 is 15.9 Å². The molecule has 0 atom stereocenters. The van der Waals surface area contributed by atoms with Gasteiger partial charge >= 0.3 is 0 Å². The molecule has 0 fully saturated rings. The number of benzene rings is 2. The van der Waals surface area contributed by atoms with Crippen molar-refractivity contribution in [2.45, 2.75) is 19.3 Å². The minimum Gasteiger partial charge on any atom is -0.308 e. The van der Waals surface area contributed by atoms with Gasteiger partial charge in [0.2, 0.25) is 0 Å². The lowest BCUT2D eigenvalue weighted by molar-refractivity contribution is 0.0993. The van der Waals surface area contributed by atoms with Crippen molar-refractivity contribution in [2.75, 3.05) is 16.8 Å². The lowest BCUT2D eigenvalue weighted by Gasteiger charge is -2.17. The van der Waals surface area contributed by atoms with E-state index in [1.165, 1.54) is 6.42 Å². The van der Waals surface area contributed by atoms with Gasteiger partial charge in [0.1, 0.15) is 0 Å². The summed E-state index contributed by atoms with van der Waals surface area (Å²) in [4.78, 5) is 14.4. The summed E-state index contributed by atoms with van der Waals surface area (Å²) < 4.78 is 0. The van der Waals surface area contributed by atoms with E-state index in [4.69, 9.17) is 0 Å². The van der Waals surface area contributed by atoms with E-state index >= 15 is 0 Å². The number of carbonyl (C=O) groups excluding carboxylic acids is 1. The third-order valence-corrected chi connectivity index (χ3v) is 4.23. The van der Waals surface area contributed by atoms with Gasteiger partial charge in [-0.05, 0) is 30.4 Å². The van der Waals surface area contributed by atoms with Gasteiger partial charge in [-0.3, -0.25) is 4.79 Å². The van der Waals surface area contributed by atoms with Crippen LogP contribution in [0, 0.1) is 0 Å². The van der Waals surface area contributed by atoms with Gasteiger partial charge in [0.25, 0.3) is 5.91 Å². The van der Waals surface area contributed by atoms with Crippen LogP contribution in [-0.2, 0) is 0 Å². The average molecular weight is 318 g/mol. The molecule has 98 valence electrons. The smallest absolute Gasteiger partial charge is 0.258 e. The lowest BCUT2D eigenvalue weighted by Crippen LogP contribution is -2.27. The third-order valence-electron chi connectivity index (χ3n) is 3.66. The Morgan fingerprint density at radius 2 is 1.79 bits per heavy atom. The Kier molecular flexibility index (Phi) is 3.56. The first-order chi connectivity index (χ1) is 9.33. The molecule has 2 aromatic rings. The maximum absolute atomic E-state index is 12.5. The number of nitrogens with zero attached hydrogens (tertiary/aromatic N) is 1. The summed E-state index contributed by atoms with van der Waals surface area (Å²) in [6.45, 7) is 0.819. The SMILES string of the molecule is O=C1c2cccc3cccc(c23)N1CCCCCBr. The van der Waals surface area contributed by atoms with E-state index in [1.54, 1.807) is 0 Å². The standard InChI is InChI=1S/C16H16BrNO/c17-10-2-1-3-11-18-14-9-5-7-12-6-4-8-13(15(12)14)16(18)19/h4-9H,1-3,10-11H2. The number of unbranched alkanes of at least 4 members (excludes halogenated alkanes) is 2. The summed E-state index contributed by atoms with van der Waals surface area (Å²) in [5.41, 5.74) is 1.94. The van der Waals surface area contributed by atoms with Crippen molar-refractivity contribution in [1.29, 1.82) is 0 Å². The van der Waals surface area contributed by atoms with Gasteiger partial charge < -0.3 is 4.90 Å². The second-order valence-corrected chi connectivity index (χ2v) is 5.68. The minimum atomic E-state index is 0.158. The van der Waals surface area contributed by atoms with Crippen molar-refractivity contribution in [2.24, 2.45) is 0 Å². The second-order valence-electron chi connectivity index (χ2n) is 4.89. The fourth-order valence-corrected chi connectivity index (χ4v) is 3.14. The number of amides is 1. The number of anilines is 1. The Morgan fingerprint density at radius 1 is 1.00 bits per heavy atom. The maximum atomic E-state index is 12.5. The van der Waals surface area contributed by atoms with E-state index in [2.05, 4.69) is 34.1 Å². The molecule has 0 radical (unpaired) electrons. The third kappa shape index (κ3) is 2.16. The maximum Gasteiger partial charge on any atom is 0.258 e. The van der Waals surface area contributed by atoms with Crippen LogP contribution in [0.5, 0.6) is 0 Å². The molecule has 0 N–H and O–H groups in total. The number of hydrogen-bond donors (Lipinski definition) is 0. The first kappa shape index (κ1) is 12.7. The van der Waals surface area contributed by atoms with Crippen LogP contribution in [0.15, 0.2) is 36.4 Å². The first-order valence-electron chi connectivity index (χ1n) is 6.72. The Balaban J connectivity index is 1.90.